The van der Waals surface area contributed by atoms with E-state index in [1.807, 2.05) is 68.0 Å². The van der Waals surface area contributed by atoms with Crippen LogP contribution in [-0.4, -0.2) is 56.7 Å². The molecule has 1 unspecified atom stereocenters. The highest BCUT2D eigenvalue weighted by atomic mass is 16.6. The summed E-state index contributed by atoms with van der Waals surface area (Å²) in [4.78, 5) is 23.4. The highest BCUT2D eigenvalue weighted by Crippen LogP contribution is 2.26. The van der Waals surface area contributed by atoms with Crippen molar-refractivity contribution >= 4 is 28.8 Å². The van der Waals surface area contributed by atoms with Gasteiger partial charge in [-0.15, -0.1) is 0 Å². The van der Waals surface area contributed by atoms with Crippen molar-refractivity contribution in [1.82, 2.24) is 30.1 Å². The maximum Gasteiger partial charge on any atom is 0.410 e. The van der Waals surface area contributed by atoms with Gasteiger partial charge >= 0.3 is 6.09 Å². The van der Waals surface area contributed by atoms with Crippen molar-refractivity contribution in [2.45, 2.75) is 45.3 Å². The van der Waals surface area contributed by atoms with Crippen LogP contribution in [-0.2, 0) is 4.74 Å². The van der Waals surface area contributed by atoms with Gasteiger partial charge in [-0.25, -0.2) is 20.2 Å². The van der Waals surface area contributed by atoms with E-state index in [0.717, 1.165) is 47.7 Å². The van der Waals surface area contributed by atoms with Crippen LogP contribution >= 0.6 is 0 Å². The minimum atomic E-state index is -0.514. The Morgan fingerprint density at radius 3 is 2.97 bits per heavy atom. The van der Waals surface area contributed by atoms with Crippen molar-refractivity contribution in [2.75, 3.05) is 25.0 Å². The van der Waals surface area contributed by atoms with E-state index in [1.54, 1.807) is 11.1 Å². The molecule has 2 aromatic heterocycles. The number of anilines is 2. The predicted octanol–water partition coefficient (Wildman–Crippen LogP) is 3.70. The minimum absolute atomic E-state index is 0.00547. The number of hydrogen-bond donors (Lipinski definition) is 3. The lowest BCUT2D eigenvalue weighted by atomic mass is 10.2. The lowest BCUT2D eigenvalue weighted by Gasteiger charge is -2.28. The molecule has 0 radical (unpaired) electrons. The standard InChI is InChI=1S/C25H31N7O3/c1-25(2,3)35-24(33)31-10-5-7-19(31)16-34-20-8-4-6-18(12-20)30-22-23-27-15-21(17-13-28-29-14-17)32(23)11-9-26-22/h4,6,8-9,11-13,15,19,28-29H,5,7,10,14,16H2,1-3H3,(H,26,30). The molecule has 5 rings (SSSR count). The number of carbonyl (C=O) groups excluding carboxylic acids is 1. The zero-order valence-electron chi connectivity index (χ0n) is 20.2. The number of fused-ring (bicyclic) bond motifs is 1. The number of nitrogens with zero attached hydrogens (tertiary/aromatic N) is 4. The summed E-state index contributed by atoms with van der Waals surface area (Å²) in [7, 11) is 0. The fourth-order valence-corrected chi connectivity index (χ4v) is 4.31. The molecular formula is C25H31N7O3. The largest absolute Gasteiger partial charge is 0.491 e. The quantitative estimate of drug-likeness (QED) is 0.494. The molecule has 184 valence electrons. The Bertz CT molecular complexity index is 1250. The molecule has 10 heteroatoms. The van der Waals surface area contributed by atoms with Gasteiger partial charge in [0, 0.05) is 49.0 Å². The van der Waals surface area contributed by atoms with Crippen LogP contribution in [0.4, 0.5) is 16.3 Å². The second-order valence-electron chi connectivity index (χ2n) is 9.71. The molecule has 1 atom stereocenters. The SMILES string of the molecule is CC(C)(C)OC(=O)N1CCCC1COc1cccc(Nc2nccn3c(C4=CNNC4)cnc23)c1. The van der Waals surface area contributed by atoms with Crippen LogP contribution in [0.15, 0.2) is 49.1 Å². The van der Waals surface area contributed by atoms with Crippen molar-refractivity contribution in [3.8, 4) is 5.75 Å². The summed E-state index contributed by atoms with van der Waals surface area (Å²) < 4.78 is 13.7. The molecule has 0 bridgehead atoms. The van der Waals surface area contributed by atoms with Gasteiger partial charge in [0.1, 0.15) is 18.0 Å². The summed E-state index contributed by atoms with van der Waals surface area (Å²) in [5.41, 5.74) is 9.28. The van der Waals surface area contributed by atoms with Crippen LogP contribution in [0.1, 0.15) is 39.3 Å². The lowest BCUT2D eigenvalue weighted by molar-refractivity contribution is 0.0187. The number of likely N-dealkylation sites (tertiary alicyclic amines) is 1. The van der Waals surface area contributed by atoms with Gasteiger partial charge in [0.05, 0.1) is 17.9 Å². The molecule has 1 amide bonds. The van der Waals surface area contributed by atoms with Crippen molar-refractivity contribution in [2.24, 2.45) is 0 Å². The molecule has 2 aliphatic rings. The Kier molecular flexibility index (Phi) is 6.21. The summed E-state index contributed by atoms with van der Waals surface area (Å²) >= 11 is 0. The highest BCUT2D eigenvalue weighted by Gasteiger charge is 2.32. The van der Waals surface area contributed by atoms with Crippen LogP contribution in [0.3, 0.4) is 0 Å². The smallest absolute Gasteiger partial charge is 0.410 e. The number of hydrazine groups is 1. The predicted molar refractivity (Wildman–Crippen MR) is 133 cm³/mol. The summed E-state index contributed by atoms with van der Waals surface area (Å²) in [6, 6.07) is 7.71. The number of rotatable bonds is 6. The number of aromatic nitrogens is 3. The molecule has 3 N–H and O–H groups in total. The average Bonchev–Trinajstić information content (AvgIpc) is 3.57. The van der Waals surface area contributed by atoms with Crippen molar-refractivity contribution < 1.29 is 14.3 Å². The van der Waals surface area contributed by atoms with Gasteiger partial charge in [0.15, 0.2) is 11.5 Å². The van der Waals surface area contributed by atoms with Gasteiger partial charge in [-0.05, 0) is 45.7 Å². The van der Waals surface area contributed by atoms with Crippen LogP contribution in [0, 0.1) is 0 Å². The van der Waals surface area contributed by atoms with E-state index >= 15 is 0 Å². The molecule has 1 fully saturated rings. The maximum absolute atomic E-state index is 12.5. The Labute approximate surface area is 204 Å². The molecule has 3 aromatic rings. The van der Waals surface area contributed by atoms with Gasteiger partial charge in [-0.3, -0.25) is 4.40 Å². The maximum atomic E-state index is 12.5. The molecule has 0 spiro atoms. The molecule has 2 aliphatic heterocycles. The van der Waals surface area contributed by atoms with Crippen LogP contribution in [0.5, 0.6) is 5.75 Å². The second kappa shape index (κ2) is 9.46. The Balaban J connectivity index is 1.26. The molecular weight excluding hydrogens is 446 g/mol. The van der Waals surface area contributed by atoms with Gasteiger partial charge in [-0.2, -0.15) is 0 Å². The Morgan fingerprint density at radius 2 is 2.17 bits per heavy atom. The first-order chi connectivity index (χ1) is 16.9. The van der Waals surface area contributed by atoms with Crippen LogP contribution in [0.2, 0.25) is 0 Å². The number of imidazole rings is 1. The fraction of sp³-hybridized carbons (Fsp3) is 0.400. The van der Waals surface area contributed by atoms with Gasteiger partial charge in [-0.1, -0.05) is 6.07 Å². The number of benzene rings is 1. The normalized spacial score (nSPS) is 17.9. The molecule has 1 aromatic carbocycles. The molecule has 35 heavy (non-hydrogen) atoms. The number of carbonyl (C=O) groups is 1. The van der Waals surface area contributed by atoms with Crippen molar-refractivity contribution in [3.63, 3.8) is 0 Å². The van der Waals surface area contributed by atoms with E-state index in [1.165, 1.54) is 0 Å². The number of nitrogens with one attached hydrogen (secondary N) is 3. The Morgan fingerprint density at radius 1 is 1.29 bits per heavy atom. The van der Waals surface area contributed by atoms with E-state index in [2.05, 4.69) is 26.1 Å². The number of hydrogen-bond acceptors (Lipinski definition) is 8. The van der Waals surface area contributed by atoms with Crippen LogP contribution < -0.4 is 20.9 Å². The molecule has 0 saturated carbocycles. The summed E-state index contributed by atoms with van der Waals surface area (Å²) in [5, 5.41) is 3.36. The fourth-order valence-electron chi connectivity index (χ4n) is 4.31. The molecule has 10 nitrogen and oxygen atoms in total. The first-order valence-electron chi connectivity index (χ1n) is 11.9. The van der Waals surface area contributed by atoms with E-state index in [0.29, 0.717) is 19.0 Å². The second-order valence-corrected chi connectivity index (χ2v) is 9.71. The van der Waals surface area contributed by atoms with E-state index < -0.39 is 5.60 Å². The first-order valence-corrected chi connectivity index (χ1v) is 11.9. The molecule has 0 aliphatic carbocycles. The number of amides is 1. The third-order valence-electron chi connectivity index (χ3n) is 5.93. The zero-order chi connectivity index (χ0) is 24.4. The highest BCUT2D eigenvalue weighted by molar-refractivity contribution is 5.75. The van der Waals surface area contributed by atoms with Gasteiger partial charge < -0.3 is 25.1 Å². The van der Waals surface area contributed by atoms with E-state index in [4.69, 9.17) is 9.47 Å². The summed E-state index contributed by atoms with van der Waals surface area (Å²) in [6.45, 7) is 7.47. The van der Waals surface area contributed by atoms with Crippen molar-refractivity contribution in [3.05, 3.63) is 54.7 Å². The topological polar surface area (TPSA) is 105 Å². The third kappa shape index (κ3) is 5.17. The average molecular weight is 478 g/mol. The zero-order valence-corrected chi connectivity index (χ0v) is 20.2. The summed E-state index contributed by atoms with van der Waals surface area (Å²) in [6.07, 6.45) is 9.00. The molecule has 1 saturated heterocycles. The lowest BCUT2D eigenvalue weighted by Crippen LogP contribution is -2.42. The minimum Gasteiger partial charge on any atom is -0.491 e. The van der Waals surface area contributed by atoms with E-state index in [9.17, 15) is 4.79 Å². The van der Waals surface area contributed by atoms with Crippen LogP contribution in [0.25, 0.3) is 11.2 Å². The monoisotopic (exact) mass is 477 g/mol. The number of ether oxygens (including phenoxy) is 2. The first kappa shape index (κ1) is 23.0. The van der Waals surface area contributed by atoms with Gasteiger partial charge in [0.2, 0.25) is 0 Å². The molecule has 4 heterocycles. The van der Waals surface area contributed by atoms with E-state index in [-0.39, 0.29) is 12.1 Å². The summed E-state index contributed by atoms with van der Waals surface area (Å²) in [5.74, 6) is 1.37. The van der Waals surface area contributed by atoms with Gasteiger partial charge in [0.25, 0.3) is 0 Å². The Hall–Kier alpha value is -3.79. The third-order valence-corrected chi connectivity index (χ3v) is 5.93. The van der Waals surface area contributed by atoms with Crippen molar-refractivity contribution in [1.29, 1.82) is 0 Å².